The van der Waals surface area contributed by atoms with E-state index < -0.39 is 17.6 Å². The van der Waals surface area contributed by atoms with Crippen LogP contribution in [0.2, 0.25) is 0 Å². The predicted molar refractivity (Wildman–Crippen MR) is 93.2 cm³/mol. The number of carboxylic acid groups (broad SMARTS) is 1. The van der Waals surface area contributed by atoms with Crippen molar-refractivity contribution in [3.63, 3.8) is 0 Å². The van der Waals surface area contributed by atoms with Gasteiger partial charge in [-0.1, -0.05) is 0 Å². The number of hydrogen-bond donors (Lipinski definition) is 6. The molecule has 1 fully saturated rings. The van der Waals surface area contributed by atoms with Crippen LogP contribution in [0.5, 0.6) is 0 Å². The molecule has 0 aromatic carbocycles. The Morgan fingerprint density at radius 2 is 1.81 bits per heavy atom. The number of likely N-dealkylation sites (tertiary alicyclic amines) is 1. The van der Waals surface area contributed by atoms with Gasteiger partial charge in [0.2, 0.25) is 12.3 Å². The minimum absolute atomic E-state index is 0.155. The summed E-state index contributed by atoms with van der Waals surface area (Å²) in [5.74, 6) is -1.30. The first-order chi connectivity index (χ1) is 12.4. The lowest BCUT2D eigenvalue weighted by molar-refractivity contribution is -0.148. The molecule has 0 radical (unpaired) electrons. The van der Waals surface area contributed by atoms with Crippen molar-refractivity contribution in [3.8, 4) is 0 Å². The Morgan fingerprint density at radius 3 is 2.31 bits per heavy atom. The van der Waals surface area contributed by atoms with Gasteiger partial charge in [0.25, 0.3) is 0 Å². The Kier molecular flexibility index (Phi) is 9.49. The number of nitrogens with zero attached hydrogens (tertiary/aromatic N) is 1. The van der Waals surface area contributed by atoms with Gasteiger partial charge >= 0.3 is 5.97 Å². The van der Waals surface area contributed by atoms with Gasteiger partial charge in [0.15, 0.2) is 0 Å². The van der Waals surface area contributed by atoms with Gasteiger partial charge in [0, 0.05) is 13.1 Å². The molecule has 2 amide bonds. The Hall–Kier alpha value is -1.75. The van der Waals surface area contributed by atoms with Gasteiger partial charge < -0.3 is 36.6 Å². The van der Waals surface area contributed by atoms with Crippen molar-refractivity contribution in [2.45, 2.75) is 49.7 Å². The zero-order chi connectivity index (χ0) is 19.6. The molecule has 1 heterocycles. The number of carbonyl (C=O) groups is 3. The fourth-order valence-electron chi connectivity index (χ4n) is 2.89. The maximum absolute atomic E-state index is 12.6. The first-order valence-corrected chi connectivity index (χ1v) is 8.83. The molecule has 1 aliphatic heterocycles. The van der Waals surface area contributed by atoms with E-state index in [2.05, 4.69) is 10.6 Å². The SMILES string of the molecule is NC1(C(=O)O)CCN(C(=O)C(CCCCNC(CO)CO)NC=O)CC1. The number of nitrogens with two attached hydrogens (primary N) is 1. The molecule has 1 atom stereocenters. The maximum atomic E-state index is 12.6. The summed E-state index contributed by atoms with van der Waals surface area (Å²) in [5, 5.41) is 32.6. The van der Waals surface area contributed by atoms with Crippen molar-refractivity contribution in [3.05, 3.63) is 0 Å². The highest BCUT2D eigenvalue weighted by molar-refractivity contribution is 5.84. The monoisotopic (exact) mass is 374 g/mol. The molecule has 0 spiro atoms. The average Bonchev–Trinajstić information content (AvgIpc) is 2.63. The Balaban J connectivity index is 2.42. The van der Waals surface area contributed by atoms with E-state index in [1.165, 1.54) is 0 Å². The smallest absolute Gasteiger partial charge is 0.323 e. The van der Waals surface area contributed by atoms with E-state index in [1.807, 2.05) is 0 Å². The summed E-state index contributed by atoms with van der Waals surface area (Å²) in [4.78, 5) is 36.1. The summed E-state index contributed by atoms with van der Waals surface area (Å²) in [6, 6.07) is -1.02. The van der Waals surface area contributed by atoms with Crippen LogP contribution in [0.1, 0.15) is 32.1 Å². The zero-order valence-electron chi connectivity index (χ0n) is 14.9. The molecule has 10 heteroatoms. The summed E-state index contributed by atoms with van der Waals surface area (Å²) in [6.45, 7) is 0.756. The summed E-state index contributed by atoms with van der Waals surface area (Å²) in [7, 11) is 0. The number of nitrogens with one attached hydrogen (secondary N) is 2. The Morgan fingerprint density at radius 1 is 1.19 bits per heavy atom. The fraction of sp³-hybridized carbons (Fsp3) is 0.812. The van der Waals surface area contributed by atoms with Crippen LogP contribution in [0.25, 0.3) is 0 Å². The second-order valence-electron chi connectivity index (χ2n) is 6.64. The zero-order valence-corrected chi connectivity index (χ0v) is 14.9. The van der Waals surface area contributed by atoms with Gasteiger partial charge in [-0.3, -0.25) is 14.4 Å². The van der Waals surface area contributed by atoms with E-state index in [0.717, 1.165) is 0 Å². The maximum Gasteiger partial charge on any atom is 0.323 e. The van der Waals surface area contributed by atoms with Gasteiger partial charge in [-0.25, -0.2) is 0 Å². The van der Waals surface area contributed by atoms with Crippen LogP contribution in [0.4, 0.5) is 0 Å². The Bertz CT molecular complexity index is 464. The van der Waals surface area contributed by atoms with Gasteiger partial charge in [-0.05, 0) is 38.6 Å². The van der Waals surface area contributed by atoms with Crippen LogP contribution in [-0.4, -0.2) is 89.0 Å². The van der Waals surface area contributed by atoms with Gasteiger partial charge in [0.05, 0.1) is 19.3 Å². The molecule has 1 aliphatic rings. The van der Waals surface area contributed by atoms with E-state index in [-0.39, 0.29) is 51.1 Å². The highest BCUT2D eigenvalue weighted by Crippen LogP contribution is 2.21. The van der Waals surface area contributed by atoms with Crippen LogP contribution in [0.3, 0.4) is 0 Å². The second-order valence-corrected chi connectivity index (χ2v) is 6.64. The molecule has 26 heavy (non-hydrogen) atoms. The van der Waals surface area contributed by atoms with E-state index >= 15 is 0 Å². The molecule has 0 bridgehead atoms. The third-order valence-electron chi connectivity index (χ3n) is 4.75. The van der Waals surface area contributed by atoms with Crippen molar-refractivity contribution in [2.24, 2.45) is 5.73 Å². The first-order valence-electron chi connectivity index (χ1n) is 8.83. The van der Waals surface area contributed by atoms with Crippen LogP contribution < -0.4 is 16.4 Å². The first kappa shape index (κ1) is 22.3. The van der Waals surface area contributed by atoms with Crippen LogP contribution in [0, 0.1) is 0 Å². The molecule has 150 valence electrons. The number of aliphatic hydroxyl groups is 2. The lowest BCUT2D eigenvalue weighted by atomic mass is 9.88. The van der Waals surface area contributed by atoms with Crippen molar-refractivity contribution < 1.29 is 29.7 Å². The molecule has 7 N–H and O–H groups in total. The average molecular weight is 374 g/mol. The number of carbonyl (C=O) groups excluding carboxylic acids is 2. The lowest BCUT2D eigenvalue weighted by Gasteiger charge is -2.37. The lowest BCUT2D eigenvalue weighted by Crippen LogP contribution is -2.58. The molecule has 10 nitrogen and oxygen atoms in total. The van der Waals surface area contributed by atoms with E-state index in [4.69, 9.17) is 21.1 Å². The number of amides is 2. The summed E-state index contributed by atoms with van der Waals surface area (Å²) in [6.07, 6.45) is 2.67. The number of aliphatic hydroxyl groups excluding tert-OH is 2. The number of rotatable bonds is 12. The molecule has 0 saturated carbocycles. The molecule has 0 aromatic rings. The van der Waals surface area contributed by atoms with E-state index in [0.29, 0.717) is 32.2 Å². The molecular formula is C16H30N4O6. The van der Waals surface area contributed by atoms with Crippen molar-refractivity contribution in [2.75, 3.05) is 32.8 Å². The van der Waals surface area contributed by atoms with Gasteiger partial charge in [0.1, 0.15) is 11.6 Å². The van der Waals surface area contributed by atoms with Crippen LogP contribution in [0.15, 0.2) is 0 Å². The normalized spacial score (nSPS) is 17.8. The summed E-state index contributed by atoms with van der Waals surface area (Å²) in [5.41, 5.74) is 4.51. The van der Waals surface area contributed by atoms with E-state index in [9.17, 15) is 14.4 Å². The highest BCUT2D eigenvalue weighted by Gasteiger charge is 2.39. The molecule has 0 aliphatic carbocycles. The van der Waals surface area contributed by atoms with Gasteiger partial charge in [-0.15, -0.1) is 0 Å². The molecule has 1 unspecified atom stereocenters. The molecule has 1 saturated heterocycles. The molecular weight excluding hydrogens is 344 g/mol. The van der Waals surface area contributed by atoms with Crippen molar-refractivity contribution in [1.82, 2.24) is 15.5 Å². The summed E-state index contributed by atoms with van der Waals surface area (Å²) >= 11 is 0. The molecule has 1 rings (SSSR count). The predicted octanol–water partition coefficient (Wildman–Crippen LogP) is -2.38. The minimum atomic E-state index is -1.30. The van der Waals surface area contributed by atoms with Crippen molar-refractivity contribution in [1.29, 1.82) is 0 Å². The fourth-order valence-corrected chi connectivity index (χ4v) is 2.89. The quantitative estimate of drug-likeness (QED) is 0.163. The topological polar surface area (TPSA) is 165 Å². The minimum Gasteiger partial charge on any atom is -0.480 e. The number of unbranched alkanes of at least 4 members (excludes halogenated alkanes) is 1. The number of hydrogen-bond acceptors (Lipinski definition) is 7. The molecule has 0 aromatic heterocycles. The third-order valence-corrected chi connectivity index (χ3v) is 4.75. The van der Waals surface area contributed by atoms with E-state index in [1.54, 1.807) is 4.90 Å². The van der Waals surface area contributed by atoms with Crippen LogP contribution >= 0.6 is 0 Å². The third kappa shape index (κ3) is 6.52. The Labute approximate surface area is 152 Å². The second kappa shape index (κ2) is 11.1. The number of piperidine rings is 1. The largest absolute Gasteiger partial charge is 0.480 e. The van der Waals surface area contributed by atoms with Crippen molar-refractivity contribution >= 4 is 18.3 Å². The van der Waals surface area contributed by atoms with Crippen LogP contribution in [-0.2, 0) is 14.4 Å². The highest BCUT2D eigenvalue weighted by atomic mass is 16.4. The standard InChI is InChI=1S/C16H30N4O6/c17-16(15(25)26)4-7-20(8-5-16)14(24)13(19-11-23)3-1-2-6-18-12(9-21)10-22/h11-13,18,21-22H,1-10,17H2,(H,19,23)(H,25,26). The number of aliphatic carboxylic acids is 1. The van der Waals surface area contributed by atoms with Gasteiger partial charge in [-0.2, -0.15) is 0 Å². The summed E-state index contributed by atoms with van der Waals surface area (Å²) < 4.78 is 0. The number of carboxylic acids is 1.